The Hall–Kier alpha value is 0.452. The van der Waals surface area contributed by atoms with Gasteiger partial charge in [0, 0.05) is 0 Å². The molecule has 0 radical (unpaired) electrons. The van der Waals surface area contributed by atoms with E-state index in [1.165, 1.54) is 74.8 Å². The molecule has 0 spiro atoms. The van der Waals surface area contributed by atoms with Gasteiger partial charge in [-0.3, -0.25) is 4.90 Å². The van der Waals surface area contributed by atoms with Crippen LogP contribution in [0, 0.1) is 0 Å². The molecule has 0 saturated carbocycles. The van der Waals surface area contributed by atoms with Crippen molar-refractivity contribution in [3.05, 3.63) is 0 Å². The van der Waals surface area contributed by atoms with E-state index >= 15 is 0 Å². The van der Waals surface area contributed by atoms with Crippen LogP contribution in [0.4, 0.5) is 0 Å². The van der Waals surface area contributed by atoms with Crippen LogP contribution in [-0.2, 0) is 3.79 Å². The van der Waals surface area contributed by atoms with E-state index in [9.17, 15) is 0 Å². The first-order valence-corrected chi connectivity index (χ1v) is 12.7. The lowest BCUT2D eigenvalue weighted by Gasteiger charge is -2.33. The van der Waals surface area contributed by atoms with E-state index in [0.29, 0.717) is 6.23 Å². The fourth-order valence-corrected chi connectivity index (χ4v) is 6.12. The largest absolute Gasteiger partial charge is 0.487 e. The average Bonchev–Trinajstić information content (AvgIpc) is 2.56. The molecule has 0 rings (SSSR count). The smallest absolute Gasteiger partial charge is 0.461 e. The molecule has 0 amide bonds. The molecule has 3 heteroatoms. The van der Waals surface area contributed by atoms with E-state index in [0.717, 1.165) is 13.1 Å². The van der Waals surface area contributed by atoms with E-state index in [-0.39, 0.29) is 0 Å². The van der Waals surface area contributed by atoms with Crippen LogP contribution in [-0.4, -0.2) is 38.7 Å². The molecule has 0 aliphatic heterocycles. The summed E-state index contributed by atoms with van der Waals surface area (Å²) in [5.74, 6) is 0. The van der Waals surface area contributed by atoms with Crippen LogP contribution in [0.1, 0.15) is 98.8 Å². The van der Waals surface area contributed by atoms with Gasteiger partial charge in [-0.25, -0.2) is 0 Å². The molecule has 23 heavy (non-hydrogen) atoms. The highest BCUT2D eigenvalue weighted by molar-refractivity contribution is 6.51. The summed E-state index contributed by atoms with van der Waals surface area (Å²) in [6, 6.07) is 0. The second kappa shape index (κ2) is 17.3. The van der Waals surface area contributed by atoms with Crippen molar-refractivity contribution in [1.82, 2.24) is 4.90 Å². The summed E-state index contributed by atoms with van der Waals surface area (Å²) in [4.78, 5) is 2.53. The van der Waals surface area contributed by atoms with Gasteiger partial charge in [-0.05, 0) is 19.5 Å². The number of rotatable bonds is 17. The SMILES string of the molecule is CCCCC[CH2][Al]([CH2]CCCCC)[O]C(CCC)N(CC)CC. The molecule has 0 saturated heterocycles. The summed E-state index contributed by atoms with van der Waals surface area (Å²) >= 11 is -1.03. The van der Waals surface area contributed by atoms with E-state index < -0.39 is 14.5 Å². The first kappa shape index (κ1) is 23.5. The van der Waals surface area contributed by atoms with Crippen LogP contribution in [0.15, 0.2) is 0 Å². The van der Waals surface area contributed by atoms with Crippen molar-refractivity contribution in [3.8, 4) is 0 Å². The molecule has 0 bridgehead atoms. The molecule has 0 N–H and O–H groups in total. The number of unbranched alkanes of at least 4 members (excludes halogenated alkanes) is 6. The minimum Gasteiger partial charge on any atom is -0.487 e. The lowest BCUT2D eigenvalue weighted by molar-refractivity contribution is 0.0221. The highest BCUT2D eigenvalue weighted by Gasteiger charge is 2.25. The van der Waals surface area contributed by atoms with Gasteiger partial charge in [0.1, 0.15) is 0 Å². The molecule has 0 aliphatic rings. The molecule has 0 aromatic carbocycles. The van der Waals surface area contributed by atoms with Gasteiger partial charge < -0.3 is 3.79 Å². The molecule has 0 aromatic heterocycles. The van der Waals surface area contributed by atoms with E-state index in [1.54, 1.807) is 0 Å². The highest BCUT2D eigenvalue weighted by atomic mass is 27.2. The van der Waals surface area contributed by atoms with Gasteiger partial charge in [0.25, 0.3) is 0 Å². The van der Waals surface area contributed by atoms with Crippen LogP contribution in [0.25, 0.3) is 0 Å². The van der Waals surface area contributed by atoms with Crippen molar-refractivity contribution in [3.63, 3.8) is 0 Å². The van der Waals surface area contributed by atoms with E-state index in [1.807, 2.05) is 0 Å². The maximum Gasteiger partial charge on any atom is 0.461 e. The van der Waals surface area contributed by atoms with Crippen molar-refractivity contribution >= 4 is 14.5 Å². The number of nitrogens with zero attached hydrogens (tertiary/aromatic N) is 1. The molecule has 0 heterocycles. The lowest BCUT2D eigenvalue weighted by atomic mass is 10.2. The Bertz CT molecular complexity index is 222. The fourth-order valence-electron chi connectivity index (χ4n) is 3.31. The molecular formula is C20H44AlNO. The van der Waals surface area contributed by atoms with Crippen molar-refractivity contribution in [2.75, 3.05) is 13.1 Å². The third-order valence-electron chi connectivity index (χ3n) is 4.86. The van der Waals surface area contributed by atoms with Crippen LogP contribution in [0.2, 0.25) is 10.6 Å². The normalized spacial score (nSPS) is 12.8. The van der Waals surface area contributed by atoms with Crippen molar-refractivity contribution in [2.45, 2.75) is 116 Å². The molecule has 138 valence electrons. The highest BCUT2D eigenvalue weighted by Crippen LogP contribution is 2.19. The van der Waals surface area contributed by atoms with Crippen molar-refractivity contribution in [2.24, 2.45) is 0 Å². The quantitative estimate of drug-likeness (QED) is 0.167. The van der Waals surface area contributed by atoms with Gasteiger partial charge in [0.15, 0.2) is 0 Å². The molecule has 0 aromatic rings. The zero-order chi connectivity index (χ0) is 17.3. The second-order valence-corrected chi connectivity index (χ2v) is 9.59. The Morgan fingerprint density at radius 3 is 1.61 bits per heavy atom. The summed E-state index contributed by atoms with van der Waals surface area (Å²) in [6.45, 7) is 13.7. The van der Waals surface area contributed by atoms with Gasteiger partial charge in [-0.15, -0.1) is 0 Å². The molecule has 1 atom stereocenters. The summed E-state index contributed by atoms with van der Waals surface area (Å²) < 4.78 is 6.76. The monoisotopic (exact) mass is 341 g/mol. The van der Waals surface area contributed by atoms with Crippen molar-refractivity contribution in [1.29, 1.82) is 0 Å². The second-order valence-electron chi connectivity index (χ2n) is 6.92. The van der Waals surface area contributed by atoms with Crippen LogP contribution < -0.4 is 0 Å². The Kier molecular flexibility index (Phi) is 17.6. The summed E-state index contributed by atoms with van der Waals surface area (Å²) in [6.07, 6.45) is 13.9. The molecule has 1 unspecified atom stereocenters. The maximum absolute atomic E-state index is 6.76. The summed E-state index contributed by atoms with van der Waals surface area (Å²) in [5, 5.41) is 2.79. The van der Waals surface area contributed by atoms with Gasteiger partial charge >= 0.3 is 14.5 Å². The first-order chi connectivity index (χ1) is 11.2. The van der Waals surface area contributed by atoms with Crippen molar-refractivity contribution < 1.29 is 3.79 Å². The summed E-state index contributed by atoms with van der Waals surface area (Å²) in [7, 11) is 0. The molecular weight excluding hydrogens is 297 g/mol. The predicted octanol–water partition coefficient (Wildman–Crippen LogP) is 6.62. The molecule has 0 fully saturated rings. The topological polar surface area (TPSA) is 12.5 Å². The van der Waals surface area contributed by atoms with Crippen LogP contribution >= 0.6 is 0 Å². The van der Waals surface area contributed by atoms with Crippen LogP contribution in [0.3, 0.4) is 0 Å². The van der Waals surface area contributed by atoms with E-state index in [2.05, 4.69) is 39.5 Å². The maximum atomic E-state index is 6.76. The zero-order valence-corrected chi connectivity index (χ0v) is 18.1. The Labute approximate surface area is 152 Å². The fraction of sp³-hybridized carbons (Fsp3) is 1.00. The Morgan fingerprint density at radius 2 is 1.22 bits per heavy atom. The first-order valence-electron chi connectivity index (χ1n) is 10.6. The summed E-state index contributed by atoms with van der Waals surface area (Å²) in [5.41, 5.74) is 0. The van der Waals surface area contributed by atoms with Gasteiger partial charge in [-0.2, -0.15) is 0 Å². The average molecular weight is 342 g/mol. The van der Waals surface area contributed by atoms with Gasteiger partial charge in [-0.1, -0.05) is 103 Å². The standard InChI is InChI=1S/C8H18NO.2C6H13.Al/c1-4-7-8(10)9(5-2)6-3;2*1-3-5-6-4-2;/h8H,4-7H2,1-3H3;2*1,3-6H2,2H3;/q-1;;;+1. The third-order valence-corrected chi connectivity index (χ3v) is 7.67. The zero-order valence-electron chi connectivity index (χ0n) is 16.9. The minimum atomic E-state index is -1.03. The third kappa shape index (κ3) is 12.5. The van der Waals surface area contributed by atoms with Gasteiger partial charge in [0.05, 0.1) is 6.23 Å². The predicted molar refractivity (Wildman–Crippen MR) is 106 cm³/mol. The number of hydrogen-bond donors (Lipinski definition) is 0. The minimum absolute atomic E-state index is 0.393. The van der Waals surface area contributed by atoms with E-state index in [4.69, 9.17) is 3.79 Å². The Balaban J connectivity index is 4.45. The molecule has 2 nitrogen and oxygen atoms in total. The van der Waals surface area contributed by atoms with Crippen LogP contribution in [0.5, 0.6) is 0 Å². The Morgan fingerprint density at radius 1 is 0.696 bits per heavy atom. The number of hydrogen-bond acceptors (Lipinski definition) is 2. The lowest BCUT2D eigenvalue weighted by Crippen LogP contribution is -2.40. The van der Waals surface area contributed by atoms with Gasteiger partial charge in [0.2, 0.25) is 0 Å². The molecule has 0 aliphatic carbocycles.